The zero-order chi connectivity index (χ0) is 22.2. The van der Waals surface area contributed by atoms with Crippen molar-refractivity contribution in [2.75, 3.05) is 0 Å². The maximum absolute atomic E-state index is 2.44. The van der Waals surface area contributed by atoms with Gasteiger partial charge in [-0.05, 0) is 59.8 Å². The molecule has 2 aromatic rings. The van der Waals surface area contributed by atoms with E-state index in [9.17, 15) is 0 Å². The van der Waals surface area contributed by atoms with E-state index in [1.807, 2.05) is 0 Å². The average molecular weight is 463 g/mol. The molecule has 2 heterocycles. The van der Waals surface area contributed by atoms with E-state index in [4.69, 9.17) is 0 Å². The molecule has 2 aliphatic rings. The van der Waals surface area contributed by atoms with Crippen LogP contribution in [-0.4, -0.2) is 17.6 Å². The largest absolute Gasteiger partial charge is 0.0657 e. The summed E-state index contributed by atoms with van der Waals surface area (Å²) in [7, 11) is -0.775. The third kappa shape index (κ3) is 6.47. The van der Waals surface area contributed by atoms with Crippen LogP contribution >= 0.6 is 0 Å². The highest BCUT2D eigenvalue weighted by molar-refractivity contribution is 6.59. The number of rotatable bonds is 9. The highest BCUT2D eigenvalue weighted by atomic mass is 28.3. The highest BCUT2D eigenvalue weighted by Crippen LogP contribution is 2.37. The van der Waals surface area contributed by atoms with Gasteiger partial charge in [-0.25, -0.2) is 0 Å². The Hall–Kier alpha value is -1.13. The Morgan fingerprint density at radius 2 is 1.00 bits per heavy atom. The second-order valence-corrected chi connectivity index (χ2v) is 17.9. The van der Waals surface area contributed by atoms with Crippen LogP contribution in [0.2, 0.25) is 36.3 Å². The lowest BCUT2D eigenvalue weighted by Crippen LogP contribution is -2.20. The molecule has 0 saturated carbocycles. The van der Waals surface area contributed by atoms with E-state index in [0.717, 1.165) is 11.8 Å². The molecule has 2 fully saturated rings. The van der Waals surface area contributed by atoms with Gasteiger partial charge in [0.1, 0.15) is 0 Å². The fraction of sp³-hybridized carbons (Fsp3) is 0.600. The second kappa shape index (κ2) is 12.4. The number of benzene rings is 2. The number of hydrogen-bond donors (Lipinski definition) is 0. The van der Waals surface area contributed by atoms with Crippen molar-refractivity contribution < 1.29 is 0 Å². The zero-order valence-corrected chi connectivity index (χ0v) is 23.1. The Morgan fingerprint density at radius 3 is 1.41 bits per heavy atom. The van der Waals surface area contributed by atoms with Crippen molar-refractivity contribution in [3.8, 4) is 11.1 Å². The number of hydrogen-bond acceptors (Lipinski definition) is 0. The lowest BCUT2D eigenvalue weighted by Gasteiger charge is -2.28. The van der Waals surface area contributed by atoms with Gasteiger partial charge < -0.3 is 0 Å². The minimum Gasteiger partial charge on any atom is -0.0657 e. The van der Waals surface area contributed by atoms with Crippen LogP contribution in [0.5, 0.6) is 0 Å². The monoisotopic (exact) mass is 462 g/mol. The third-order valence-electron chi connectivity index (χ3n) is 8.70. The van der Waals surface area contributed by atoms with E-state index in [0.29, 0.717) is 0 Å². The topological polar surface area (TPSA) is 0 Å². The molecule has 0 spiro atoms. The first kappa shape index (κ1) is 24.0. The Kier molecular flexibility index (Phi) is 9.28. The normalized spacial score (nSPS) is 26.2. The quantitative estimate of drug-likeness (QED) is 0.257. The average Bonchev–Trinajstić information content (AvgIpc) is 2.86. The predicted octanol–water partition coefficient (Wildman–Crippen LogP) is 9.16. The maximum atomic E-state index is 2.44. The second-order valence-electron chi connectivity index (χ2n) is 11.0. The molecule has 0 bridgehead atoms. The smallest absolute Gasteiger partial charge is 0.0368 e. The Bertz CT molecular complexity index is 779. The molecule has 2 heteroatoms. The van der Waals surface area contributed by atoms with Crippen molar-refractivity contribution in [3.05, 3.63) is 59.7 Å². The van der Waals surface area contributed by atoms with Crippen LogP contribution in [-0.2, 0) is 0 Å². The molecule has 0 N–H and O–H groups in total. The standard InChI is InChI=1S/C30H46Si2/c1-3-5-6-20-32-23-17-30(18-24-32)28-13-9-26(10-14-28)25-7-11-27(12-8-25)29-15-21-31(19-4-2)22-16-29/h7-14,29-32H,3-6,15-24H2,1-2H3/t29-,30?,31-,32?. The van der Waals surface area contributed by atoms with Gasteiger partial charge in [-0.2, -0.15) is 0 Å². The molecule has 4 rings (SSSR count). The van der Waals surface area contributed by atoms with Gasteiger partial charge in [0, 0.05) is 17.6 Å². The van der Waals surface area contributed by atoms with E-state index < -0.39 is 8.80 Å². The summed E-state index contributed by atoms with van der Waals surface area (Å²) >= 11 is 0. The summed E-state index contributed by atoms with van der Waals surface area (Å²) in [5, 5.41) is 0. The van der Waals surface area contributed by atoms with E-state index >= 15 is 0 Å². The summed E-state index contributed by atoms with van der Waals surface area (Å²) in [5.74, 6) is 1.65. The van der Waals surface area contributed by atoms with Crippen LogP contribution in [0.25, 0.3) is 11.1 Å². The summed E-state index contributed by atoms with van der Waals surface area (Å²) in [4.78, 5) is 0. The van der Waals surface area contributed by atoms with Crippen LogP contribution in [0.4, 0.5) is 0 Å². The molecular formula is C30H46Si2. The molecular weight excluding hydrogens is 417 g/mol. The van der Waals surface area contributed by atoms with Crippen LogP contribution in [0.15, 0.2) is 48.5 Å². The Labute approximate surface area is 201 Å². The van der Waals surface area contributed by atoms with Gasteiger partial charge in [0.05, 0.1) is 0 Å². The first-order chi connectivity index (χ1) is 15.8. The predicted molar refractivity (Wildman–Crippen MR) is 149 cm³/mol. The summed E-state index contributed by atoms with van der Waals surface area (Å²) in [6, 6.07) is 28.8. The van der Waals surface area contributed by atoms with Gasteiger partial charge in [-0.3, -0.25) is 0 Å². The van der Waals surface area contributed by atoms with Crippen LogP contribution < -0.4 is 0 Å². The van der Waals surface area contributed by atoms with Gasteiger partial charge in [0.2, 0.25) is 0 Å². The van der Waals surface area contributed by atoms with Gasteiger partial charge in [0.25, 0.3) is 0 Å². The molecule has 0 radical (unpaired) electrons. The van der Waals surface area contributed by atoms with E-state index in [1.165, 1.54) is 62.5 Å². The first-order valence-electron chi connectivity index (χ1n) is 14.0. The van der Waals surface area contributed by atoms with Gasteiger partial charge >= 0.3 is 0 Å². The van der Waals surface area contributed by atoms with Crippen LogP contribution in [0, 0.1) is 0 Å². The lowest BCUT2D eigenvalue weighted by molar-refractivity contribution is 0.603. The van der Waals surface area contributed by atoms with Gasteiger partial charge in [-0.15, -0.1) is 0 Å². The fourth-order valence-corrected chi connectivity index (χ4v) is 13.5. The molecule has 0 nitrogen and oxygen atoms in total. The molecule has 2 aromatic carbocycles. The van der Waals surface area contributed by atoms with Crippen LogP contribution in [0.1, 0.15) is 88.2 Å². The molecule has 2 aliphatic heterocycles. The zero-order valence-electron chi connectivity index (χ0n) is 20.8. The van der Waals surface area contributed by atoms with Gasteiger partial charge in [-0.1, -0.05) is 124 Å². The van der Waals surface area contributed by atoms with E-state index in [1.54, 1.807) is 47.4 Å². The van der Waals surface area contributed by atoms with Crippen molar-refractivity contribution >= 4 is 17.6 Å². The SMILES string of the molecule is CCCCC[SiH]1CCC(c2ccc(-c3ccc([C@H]4CC[Si@H](CCC)CC4)cc3)cc2)CC1. The third-order valence-corrected chi connectivity index (χ3v) is 15.9. The van der Waals surface area contributed by atoms with E-state index in [-0.39, 0.29) is 8.80 Å². The molecule has 0 unspecified atom stereocenters. The van der Waals surface area contributed by atoms with E-state index in [2.05, 4.69) is 62.4 Å². The van der Waals surface area contributed by atoms with Crippen LogP contribution in [0.3, 0.4) is 0 Å². The van der Waals surface area contributed by atoms with Crippen molar-refractivity contribution in [3.63, 3.8) is 0 Å². The first-order valence-corrected chi connectivity index (χ1v) is 18.9. The molecule has 0 aliphatic carbocycles. The molecule has 2 saturated heterocycles. The molecule has 0 atom stereocenters. The van der Waals surface area contributed by atoms with Crippen molar-refractivity contribution in [1.29, 1.82) is 0 Å². The fourth-order valence-electron chi connectivity index (χ4n) is 6.56. The minimum atomic E-state index is -0.402. The molecule has 174 valence electrons. The highest BCUT2D eigenvalue weighted by Gasteiger charge is 2.24. The lowest BCUT2D eigenvalue weighted by atomic mass is 9.90. The Morgan fingerprint density at radius 1 is 0.562 bits per heavy atom. The maximum Gasteiger partial charge on any atom is 0.0368 e. The molecule has 0 aromatic heterocycles. The molecule has 0 amide bonds. The minimum absolute atomic E-state index is 0.373. The number of unbranched alkanes of at least 4 members (excludes halogenated alkanes) is 2. The Balaban J connectivity index is 1.29. The summed E-state index contributed by atoms with van der Waals surface area (Å²) in [5.41, 5.74) is 5.97. The van der Waals surface area contributed by atoms with Crippen molar-refractivity contribution in [1.82, 2.24) is 0 Å². The molecule has 32 heavy (non-hydrogen) atoms. The summed E-state index contributed by atoms with van der Waals surface area (Å²) < 4.78 is 0. The van der Waals surface area contributed by atoms with Crippen molar-refractivity contribution in [2.45, 2.75) is 113 Å². The summed E-state index contributed by atoms with van der Waals surface area (Å²) in [6.07, 6.45) is 11.6. The summed E-state index contributed by atoms with van der Waals surface area (Å²) in [6.45, 7) is 4.70. The van der Waals surface area contributed by atoms with Crippen molar-refractivity contribution in [2.24, 2.45) is 0 Å². The van der Waals surface area contributed by atoms with Gasteiger partial charge in [0.15, 0.2) is 0 Å².